The SMILES string of the molecule is CC(=O)O[C@H](COc1cccc(Cl)c1)Cn1cnc2cc(C)c(C)cc21. The maximum absolute atomic E-state index is 11.5. The van der Waals surface area contributed by atoms with Gasteiger partial charge in [0.25, 0.3) is 0 Å². The molecule has 1 aromatic heterocycles. The van der Waals surface area contributed by atoms with Crippen molar-refractivity contribution in [3.8, 4) is 5.75 Å². The van der Waals surface area contributed by atoms with Crippen LogP contribution in [0.1, 0.15) is 18.1 Å². The molecule has 0 amide bonds. The van der Waals surface area contributed by atoms with Crippen LogP contribution in [-0.4, -0.2) is 28.2 Å². The summed E-state index contributed by atoms with van der Waals surface area (Å²) in [6, 6.07) is 11.3. The number of ether oxygens (including phenoxy) is 2. The van der Waals surface area contributed by atoms with Crippen LogP contribution < -0.4 is 4.74 Å². The number of aromatic nitrogens is 2. The summed E-state index contributed by atoms with van der Waals surface area (Å²) in [5.74, 6) is 0.290. The number of hydrogen-bond acceptors (Lipinski definition) is 4. The quantitative estimate of drug-likeness (QED) is 0.605. The molecule has 0 saturated carbocycles. The Bertz CT molecular complexity index is 936. The van der Waals surface area contributed by atoms with E-state index >= 15 is 0 Å². The molecule has 26 heavy (non-hydrogen) atoms. The van der Waals surface area contributed by atoms with Crippen LogP contribution in [0.2, 0.25) is 5.02 Å². The summed E-state index contributed by atoms with van der Waals surface area (Å²) in [5.41, 5.74) is 4.32. The monoisotopic (exact) mass is 372 g/mol. The third kappa shape index (κ3) is 4.35. The van der Waals surface area contributed by atoms with Gasteiger partial charge in [-0.25, -0.2) is 4.98 Å². The predicted molar refractivity (Wildman–Crippen MR) is 102 cm³/mol. The average molecular weight is 373 g/mol. The van der Waals surface area contributed by atoms with Gasteiger partial charge in [-0.2, -0.15) is 0 Å². The normalized spacial score (nSPS) is 12.2. The van der Waals surface area contributed by atoms with E-state index in [1.807, 2.05) is 16.7 Å². The van der Waals surface area contributed by atoms with Crippen molar-refractivity contribution in [1.82, 2.24) is 9.55 Å². The number of fused-ring (bicyclic) bond motifs is 1. The molecule has 0 bridgehead atoms. The van der Waals surface area contributed by atoms with Crippen molar-refractivity contribution in [1.29, 1.82) is 0 Å². The van der Waals surface area contributed by atoms with Crippen LogP contribution in [0.15, 0.2) is 42.7 Å². The van der Waals surface area contributed by atoms with Crippen LogP contribution in [0.4, 0.5) is 0 Å². The first-order chi connectivity index (χ1) is 12.4. The lowest BCUT2D eigenvalue weighted by Gasteiger charge is -2.19. The number of aryl methyl sites for hydroxylation is 2. The second kappa shape index (κ2) is 7.79. The highest BCUT2D eigenvalue weighted by Gasteiger charge is 2.16. The molecule has 0 aliphatic rings. The van der Waals surface area contributed by atoms with Crippen LogP contribution in [-0.2, 0) is 16.1 Å². The lowest BCUT2D eigenvalue weighted by Crippen LogP contribution is -2.28. The fraction of sp³-hybridized carbons (Fsp3) is 0.300. The van der Waals surface area contributed by atoms with Gasteiger partial charge in [0, 0.05) is 11.9 Å². The van der Waals surface area contributed by atoms with Gasteiger partial charge in [0.2, 0.25) is 0 Å². The maximum atomic E-state index is 11.5. The minimum absolute atomic E-state index is 0.227. The Labute approximate surface area is 157 Å². The first-order valence-electron chi connectivity index (χ1n) is 8.40. The van der Waals surface area contributed by atoms with E-state index in [1.54, 1.807) is 18.5 Å². The minimum atomic E-state index is -0.439. The maximum Gasteiger partial charge on any atom is 0.303 e. The highest BCUT2D eigenvalue weighted by molar-refractivity contribution is 6.30. The van der Waals surface area contributed by atoms with E-state index in [9.17, 15) is 4.79 Å². The van der Waals surface area contributed by atoms with Crippen molar-refractivity contribution >= 4 is 28.6 Å². The van der Waals surface area contributed by atoms with Crippen LogP contribution in [0.5, 0.6) is 5.75 Å². The molecule has 0 fully saturated rings. The van der Waals surface area contributed by atoms with E-state index < -0.39 is 6.10 Å². The standard InChI is InChI=1S/C20H21ClN2O3/c1-13-7-19-20(8-14(13)2)23(12-22-19)10-18(26-15(3)24)11-25-17-6-4-5-16(21)9-17/h4-9,12,18H,10-11H2,1-3H3/t18-/m0/s1. The minimum Gasteiger partial charge on any atom is -0.490 e. The van der Waals surface area contributed by atoms with E-state index in [-0.39, 0.29) is 12.6 Å². The van der Waals surface area contributed by atoms with E-state index in [2.05, 4.69) is 31.0 Å². The Morgan fingerprint density at radius 3 is 2.73 bits per heavy atom. The zero-order chi connectivity index (χ0) is 18.7. The summed E-state index contributed by atoms with van der Waals surface area (Å²) >= 11 is 5.97. The Balaban J connectivity index is 1.78. The van der Waals surface area contributed by atoms with Gasteiger partial charge in [-0.3, -0.25) is 4.79 Å². The molecule has 3 aromatic rings. The van der Waals surface area contributed by atoms with Crippen molar-refractivity contribution in [3.63, 3.8) is 0 Å². The van der Waals surface area contributed by atoms with Gasteiger partial charge >= 0.3 is 5.97 Å². The molecule has 0 aliphatic heterocycles. The molecule has 0 aliphatic carbocycles. The summed E-state index contributed by atoms with van der Waals surface area (Å²) < 4.78 is 13.2. The first-order valence-corrected chi connectivity index (χ1v) is 8.78. The second-order valence-corrected chi connectivity index (χ2v) is 6.76. The number of hydrogen-bond donors (Lipinski definition) is 0. The van der Waals surface area contributed by atoms with Gasteiger partial charge in [-0.1, -0.05) is 17.7 Å². The van der Waals surface area contributed by atoms with Crippen molar-refractivity contribution in [2.45, 2.75) is 33.4 Å². The van der Waals surface area contributed by atoms with Gasteiger partial charge in [0.1, 0.15) is 12.4 Å². The summed E-state index contributed by atoms with van der Waals surface area (Å²) in [6.07, 6.45) is 1.32. The van der Waals surface area contributed by atoms with E-state index in [1.165, 1.54) is 18.1 Å². The van der Waals surface area contributed by atoms with E-state index in [0.29, 0.717) is 17.3 Å². The van der Waals surface area contributed by atoms with Crippen LogP contribution in [0, 0.1) is 13.8 Å². The van der Waals surface area contributed by atoms with Gasteiger partial charge in [0.15, 0.2) is 6.10 Å². The van der Waals surface area contributed by atoms with Crippen molar-refractivity contribution < 1.29 is 14.3 Å². The fourth-order valence-corrected chi connectivity index (χ4v) is 2.96. The van der Waals surface area contributed by atoms with Crippen LogP contribution in [0.3, 0.4) is 0 Å². The van der Waals surface area contributed by atoms with Crippen molar-refractivity contribution in [2.24, 2.45) is 0 Å². The third-order valence-electron chi connectivity index (χ3n) is 4.20. The molecule has 0 N–H and O–H groups in total. The molecule has 0 spiro atoms. The molecule has 2 aromatic carbocycles. The zero-order valence-electron chi connectivity index (χ0n) is 15.0. The Kier molecular flexibility index (Phi) is 5.47. The molecule has 1 heterocycles. The molecule has 0 unspecified atom stereocenters. The summed E-state index contributed by atoms with van der Waals surface area (Å²) in [6.45, 7) is 6.21. The highest BCUT2D eigenvalue weighted by atomic mass is 35.5. The first kappa shape index (κ1) is 18.3. The lowest BCUT2D eigenvalue weighted by molar-refractivity contribution is -0.148. The van der Waals surface area contributed by atoms with Gasteiger partial charge in [-0.05, 0) is 55.3 Å². The lowest BCUT2D eigenvalue weighted by atomic mass is 10.1. The molecule has 6 heteroatoms. The predicted octanol–water partition coefficient (Wildman–Crippen LogP) is 4.32. The largest absolute Gasteiger partial charge is 0.490 e. The average Bonchev–Trinajstić information content (AvgIpc) is 2.94. The van der Waals surface area contributed by atoms with Crippen molar-refractivity contribution in [3.05, 3.63) is 58.9 Å². The number of esters is 1. The second-order valence-electron chi connectivity index (χ2n) is 6.32. The Morgan fingerprint density at radius 2 is 2.00 bits per heavy atom. The van der Waals surface area contributed by atoms with E-state index in [0.717, 1.165) is 11.0 Å². The molecule has 0 saturated heterocycles. The Morgan fingerprint density at radius 1 is 1.23 bits per heavy atom. The summed E-state index contributed by atoms with van der Waals surface area (Å²) in [4.78, 5) is 15.9. The zero-order valence-corrected chi connectivity index (χ0v) is 15.8. The molecule has 3 rings (SSSR count). The van der Waals surface area contributed by atoms with Gasteiger partial charge < -0.3 is 14.0 Å². The van der Waals surface area contributed by atoms with Crippen LogP contribution >= 0.6 is 11.6 Å². The van der Waals surface area contributed by atoms with Crippen molar-refractivity contribution in [2.75, 3.05) is 6.61 Å². The molecule has 136 valence electrons. The Hall–Kier alpha value is -2.53. The molecular weight excluding hydrogens is 352 g/mol. The molecular formula is C20H21ClN2O3. The highest BCUT2D eigenvalue weighted by Crippen LogP contribution is 2.20. The van der Waals surface area contributed by atoms with Crippen LogP contribution in [0.25, 0.3) is 11.0 Å². The third-order valence-corrected chi connectivity index (χ3v) is 4.44. The van der Waals surface area contributed by atoms with E-state index in [4.69, 9.17) is 21.1 Å². The number of carbonyl (C=O) groups excluding carboxylic acids is 1. The summed E-state index contributed by atoms with van der Waals surface area (Å²) in [7, 11) is 0. The summed E-state index contributed by atoms with van der Waals surface area (Å²) in [5, 5.41) is 0.595. The molecule has 0 radical (unpaired) electrons. The molecule has 5 nitrogen and oxygen atoms in total. The number of nitrogens with zero attached hydrogens (tertiary/aromatic N) is 2. The number of rotatable bonds is 6. The molecule has 1 atom stereocenters. The number of imidazole rings is 1. The number of carbonyl (C=O) groups is 1. The van der Waals surface area contributed by atoms with Gasteiger partial charge in [0.05, 0.1) is 23.9 Å². The van der Waals surface area contributed by atoms with Gasteiger partial charge in [-0.15, -0.1) is 0 Å². The number of benzene rings is 2. The number of halogens is 1. The fourth-order valence-electron chi connectivity index (χ4n) is 2.78. The topological polar surface area (TPSA) is 53.4 Å². The smallest absolute Gasteiger partial charge is 0.303 e.